The Hall–Kier alpha value is -1.77. The van der Waals surface area contributed by atoms with Crippen molar-refractivity contribution in [2.24, 2.45) is 17.8 Å². The Morgan fingerprint density at radius 1 is 0.542 bits per heavy atom. The Morgan fingerprint density at radius 2 is 0.972 bits per heavy atom. The van der Waals surface area contributed by atoms with Gasteiger partial charge in [0, 0.05) is 12.5 Å². The van der Waals surface area contributed by atoms with Gasteiger partial charge in [-0.05, 0) is 37.0 Å². The molecule has 2 aliphatic rings. The Balaban J connectivity index is 2.02. The topological polar surface area (TPSA) is 245 Å². The van der Waals surface area contributed by atoms with E-state index >= 15 is 0 Å². The van der Waals surface area contributed by atoms with Crippen LogP contribution in [0.1, 0.15) is 234 Å². The minimum absolute atomic E-state index is 0.0138. The average Bonchev–Trinajstić information content (AvgIpc) is 3.33. The number of aliphatic hydroxyl groups is 5. The second-order valence-corrected chi connectivity index (χ2v) is 22.3. The number of carbonyl (C=O) groups excluding carboxylic acids is 2. The molecule has 2 aliphatic heterocycles. The molecule has 17 heteroatoms. The van der Waals surface area contributed by atoms with Crippen LogP contribution in [0.3, 0.4) is 0 Å². The lowest BCUT2D eigenvalue weighted by Gasteiger charge is -2.46. The third-order valence-corrected chi connectivity index (χ3v) is 14.8. The lowest BCUT2D eigenvalue weighted by Crippen LogP contribution is -2.65. The molecule has 2 saturated heterocycles. The highest BCUT2D eigenvalue weighted by Gasteiger charge is 2.54. The first-order valence-electron chi connectivity index (χ1n) is 28.5. The molecule has 0 saturated carbocycles. The maximum absolute atomic E-state index is 13.5. The van der Waals surface area contributed by atoms with Crippen LogP contribution in [0.15, 0.2) is 12.2 Å². The summed E-state index contributed by atoms with van der Waals surface area (Å²) in [5.74, 6) is -0.696. The van der Waals surface area contributed by atoms with Gasteiger partial charge in [0.2, 0.25) is 6.29 Å². The SMILES string of the molecule is CCCCCCCCCCCCCCCC[C@H](C)C[C@H](C)C[C@H](C)/C=C/C(=O)O[C@H]1[C@H](O)[C@@H](CO)O[C@H](O[C@H]2O[C@H](CO)[C@@H](O)[C@H](O)[C@H]2OS(=O)(=O)O)[C@@H]1OC(=O)CCCCCCCCCCCCCCC. The number of ether oxygens (including phenoxy) is 5. The largest absolute Gasteiger partial charge is 0.453 e. The molecule has 6 N–H and O–H groups in total. The van der Waals surface area contributed by atoms with Gasteiger partial charge in [-0.1, -0.05) is 214 Å². The van der Waals surface area contributed by atoms with E-state index in [0.717, 1.165) is 44.9 Å². The summed E-state index contributed by atoms with van der Waals surface area (Å²) in [6.45, 7) is 9.26. The molecule has 0 spiro atoms. The summed E-state index contributed by atoms with van der Waals surface area (Å²) in [5, 5.41) is 52.7. The number of hydrogen-bond donors (Lipinski definition) is 6. The van der Waals surface area contributed by atoms with Gasteiger partial charge in [0.05, 0.1) is 13.2 Å². The summed E-state index contributed by atoms with van der Waals surface area (Å²) >= 11 is 0. The second-order valence-electron chi connectivity index (χ2n) is 21.3. The Bertz CT molecular complexity index is 1520. The molecule has 0 aromatic heterocycles. The summed E-state index contributed by atoms with van der Waals surface area (Å²) in [4.78, 5) is 27.0. The predicted molar refractivity (Wildman–Crippen MR) is 278 cm³/mol. The van der Waals surface area contributed by atoms with Crippen molar-refractivity contribution in [3.8, 4) is 0 Å². The first kappa shape index (κ1) is 66.3. The number of hydrogen-bond acceptors (Lipinski definition) is 15. The van der Waals surface area contributed by atoms with Crippen molar-refractivity contribution in [1.29, 1.82) is 0 Å². The lowest BCUT2D eigenvalue weighted by atomic mass is 9.87. The summed E-state index contributed by atoms with van der Waals surface area (Å²) in [6, 6.07) is 0. The van der Waals surface area contributed by atoms with E-state index in [1.165, 1.54) is 147 Å². The molecule has 13 atom stereocenters. The first-order valence-corrected chi connectivity index (χ1v) is 29.9. The molecule has 72 heavy (non-hydrogen) atoms. The van der Waals surface area contributed by atoms with E-state index in [1.54, 1.807) is 6.08 Å². The summed E-state index contributed by atoms with van der Waals surface area (Å²) in [7, 11) is -5.31. The molecule has 0 radical (unpaired) electrons. The van der Waals surface area contributed by atoms with Gasteiger partial charge in [-0.25, -0.2) is 8.98 Å². The maximum atomic E-state index is 13.5. The van der Waals surface area contributed by atoms with Crippen LogP contribution in [-0.4, -0.2) is 125 Å². The van der Waals surface area contributed by atoms with Crippen molar-refractivity contribution < 1.29 is 76.0 Å². The fraction of sp³-hybridized carbons (Fsp3) is 0.927. The Kier molecular flexibility index (Phi) is 36.5. The fourth-order valence-corrected chi connectivity index (χ4v) is 10.7. The standard InChI is InChI=1S/C55H102O16S/c1-6-8-10-12-14-16-18-20-22-23-25-27-29-31-33-41(3)37-43(5)38-42(4)35-36-47(59)68-51-49(61)45(40-57)67-55(70-54-52(71-72(63,64)65)50(62)48(60)44(39-56)66-54)53(51)69-46(58)34-32-30-28-26-24-21-19-17-15-13-11-9-7-2/h35-36,41-45,48-57,60-62H,6-34,37-40H2,1-5H3,(H,63,64,65)/b36-35+/t41-,42+,43-,44+,45+,48+,49+,50-,51-,52+,53+,54+,55+/m0/s1. The normalized spacial score (nSPS) is 26.2. The quantitative estimate of drug-likeness (QED) is 0.0144. The van der Waals surface area contributed by atoms with Gasteiger partial charge < -0.3 is 49.2 Å². The van der Waals surface area contributed by atoms with Crippen LogP contribution < -0.4 is 0 Å². The van der Waals surface area contributed by atoms with E-state index in [4.69, 9.17) is 23.7 Å². The molecule has 0 unspecified atom stereocenters. The van der Waals surface area contributed by atoms with Crippen LogP contribution in [0.2, 0.25) is 0 Å². The maximum Gasteiger partial charge on any atom is 0.397 e. The van der Waals surface area contributed by atoms with Crippen LogP contribution in [0.25, 0.3) is 0 Å². The average molecular weight is 1050 g/mol. The van der Waals surface area contributed by atoms with Crippen LogP contribution >= 0.6 is 0 Å². The number of carbonyl (C=O) groups is 2. The molecule has 0 aromatic rings. The lowest BCUT2D eigenvalue weighted by molar-refractivity contribution is -0.374. The molecule has 424 valence electrons. The zero-order valence-electron chi connectivity index (χ0n) is 45.2. The van der Waals surface area contributed by atoms with Crippen LogP contribution in [-0.2, 0) is 47.9 Å². The first-order chi connectivity index (χ1) is 34.5. The van der Waals surface area contributed by atoms with Gasteiger partial charge in [-0.3, -0.25) is 9.35 Å². The third-order valence-electron chi connectivity index (χ3n) is 14.3. The van der Waals surface area contributed by atoms with E-state index in [1.807, 2.05) is 6.92 Å². The van der Waals surface area contributed by atoms with Crippen molar-refractivity contribution in [2.75, 3.05) is 13.2 Å². The molecule has 0 amide bonds. The molecule has 0 aromatic carbocycles. The summed E-state index contributed by atoms with van der Waals surface area (Å²) in [6.07, 6.45) is 20.6. The highest BCUT2D eigenvalue weighted by atomic mass is 32.3. The minimum Gasteiger partial charge on any atom is -0.453 e. The highest BCUT2D eigenvalue weighted by molar-refractivity contribution is 7.80. The van der Waals surface area contributed by atoms with Crippen molar-refractivity contribution in [1.82, 2.24) is 0 Å². The fourth-order valence-electron chi connectivity index (χ4n) is 10.2. The zero-order valence-corrected chi connectivity index (χ0v) is 46.0. The van der Waals surface area contributed by atoms with Crippen LogP contribution in [0.5, 0.6) is 0 Å². The Labute approximate surface area is 435 Å². The van der Waals surface area contributed by atoms with Gasteiger partial charge in [0.15, 0.2) is 24.6 Å². The number of aliphatic hydroxyl groups excluding tert-OH is 5. The smallest absolute Gasteiger partial charge is 0.397 e. The molecule has 2 rings (SSSR count). The number of unbranched alkanes of at least 4 members (excludes halogenated alkanes) is 25. The van der Waals surface area contributed by atoms with E-state index in [2.05, 4.69) is 31.9 Å². The van der Waals surface area contributed by atoms with Gasteiger partial charge in [0.25, 0.3) is 0 Å². The highest BCUT2D eigenvalue weighted by Crippen LogP contribution is 2.33. The van der Waals surface area contributed by atoms with Crippen molar-refractivity contribution in [3.05, 3.63) is 12.2 Å². The van der Waals surface area contributed by atoms with Gasteiger partial charge >= 0.3 is 22.3 Å². The number of rotatable bonds is 43. The summed E-state index contributed by atoms with van der Waals surface area (Å²) < 4.78 is 66.5. The molecule has 0 aliphatic carbocycles. The molecule has 0 bridgehead atoms. The van der Waals surface area contributed by atoms with Gasteiger partial charge in [-0.2, -0.15) is 8.42 Å². The molecule has 16 nitrogen and oxygen atoms in total. The van der Waals surface area contributed by atoms with Gasteiger partial charge in [0.1, 0.15) is 30.5 Å². The second kappa shape index (κ2) is 39.6. The van der Waals surface area contributed by atoms with Crippen molar-refractivity contribution in [2.45, 2.75) is 295 Å². The van der Waals surface area contributed by atoms with E-state index in [0.29, 0.717) is 18.3 Å². The molecular weight excluding hydrogens is 949 g/mol. The molecule has 2 fully saturated rings. The minimum atomic E-state index is -5.31. The Morgan fingerprint density at radius 3 is 1.43 bits per heavy atom. The van der Waals surface area contributed by atoms with Crippen LogP contribution in [0, 0.1) is 17.8 Å². The van der Waals surface area contributed by atoms with E-state index < -0.39 is 97.0 Å². The zero-order chi connectivity index (χ0) is 53.2. The molecular formula is C55H102O16S. The monoisotopic (exact) mass is 1050 g/mol. The van der Waals surface area contributed by atoms with E-state index in [-0.39, 0.29) is 12.3 Å². The predicted octanol–water partition coefficient (Wildman–Crippen LogP) is 10.1. The van der Waals surface area contributed by atoms with E-state index in [9.17, 15) is 48.1 Å². The third kappa shape index (κ3) is 28.9. The van der Waals surface area contributed by atoms with Crippen molar-refractivity contribution >= 4 is 22.3 Å². The van der Waals surface area contributed by atoms with Crippen molar-refractivity contribution in [3.63, 3.8) is 0 Å². The van der Waals surface area contributed by atoms with Gasteiger partial charge in [-0.15, -0.1) is 0 Å². The number of allylic oxidation sites excluding steroid dienone is 1. The van der Waals surface area contributed by atoms with Crippen LogP contribution in [0.4, 0.5) is 0 Å². The molecule has 2 heterocycles. The summed E-state index contributed by atoms with van der Waals surface area (Å²) in [5.41, 5.74) is 0. The number of esters is 2.